The zero-order valence-corrected chi connectivity index (χ0v) is 14.8. The van der Waals surface area contributed by atoms with E-state index in [9.17, 15) is 23.7 Å². The van der Waals surface area contributed by atoms with Crippen molar-refractivity contribution in [2.75, 3.05) is 26.2 Å². The summed E-state index contributed by atoms with van der Waals surface area (Å²) in [5.41, 5.74) is 0.973. The number of carbonyl (C=O) groups is 1. The van der Waals surface area contributed by atoms with Crippen LogP contribution in [0.5, 0.6) is 0 Å². The van der Waals surface area contributed by atoms with Gasteiger partial charge in [0.15, 0.2) is 11.6 Å². The maximum atomic E-state index is 13.8. The number of carbonyl (C=O) groups excluding carboxylic acids is 1. The lowest BCUT2D eigenvalue weighted by Crippen LogP contribution is -2.48. The molecule has 142 valence electrons. The number of amides is 1. The molecule has 0 aromatic heterocycles. The average molecular weight is 375 g/mol. The Balaban J connectivity index is 1.63. The molecule has 1 heterocycles. The maximum absolute atomic E-state index is 13.8. The van der Waals surface area contributed by atoms with Crippen molar-refractivity contribution in [2.24, 2.45) is 0 Å². The summed E-state index contributed by atoms with van der Waals surface area (Å²) in [6, 6.07) is 8.54. The number of rotatable bonds is 4. The molecule has 8 heteroatoms. The van der Waals surface area contributed by atoms with Crippen molar-refractivity contribution in [1.82, 2.24) is 9.80 Å². The van der Waals surface area contributed by atoms with E-state index < -0.39 is 16.6 Å². The quantitative estimate of drug-likeness (QED) is 0.608. The first-order chi connectivity index (χ1) is 12.9. The molecule has 0 unspecified atom stereocenters. The van der Waals surface area contributed by atoms with Crippen LogP contribution in [0, 0.1) is 28.7 Å². The highest BCUT2D eigenvalue weighted by Gasteiger charge is 2.24. The van der Waals surface area contributed by atoms with E-state index in [1.807, 2.05) is 4.90 Å². The molecule has 1 fully saturated rings. The number of benzene rings is 2. The van der Waals surface area contributed by atoms with Gasteiger partial charge in [-0.25, -0.2) is 8.78 Å². The largest absolute Gasteiger partial charge is 0.336 e. The molecular formula is C19H19F2N3O3. The van der Waals surface area contributed by atoms with Gasteiger partial charge in [0.25, 0.3) is 11.6 Å². The second kappa shape index (κ2) is 7.79. The van der Waals surface area contributed by atoms with Crippen LogP contribution in [0.25, 0.3) is 0 Å². The third-order valence-electron chi connectivity index (χ3n) is 4.74. The molecule has 1 saturated heterocycles. The molecule has 6 nitrogen and oxygen atoms in total. The van der Waals surface area contributed by atoms with Gasteiger partial charge in [-0.15, -0.1) is 0 Å². The van der Waals surface area contributed by atoms with Gasteiger partial charge in [0, 0.05) is 55.5 Å². The Bertz CT molecular complexity index is 880. The number of nitro groups is 1. The second-order valence-electron chi connectivity index (χ2n) is 6.54. The van der Waals surface area contributed by atoms with Crippen molar-refractivity contribution in [1.29, 1.82) is 0 Å². The van der Waals surface area contributed by atoms with Crippen molar-refractivity contribution in [3.8, 4) is 0 Å². The Labute approximate surface area is 155 Å². The Hall–Kier alpha value is -2.87. The highest BCUT2D eigenvalue weighted by atomic mass is 19.2. The maximum Gasteiger partial charge on any atom is 0.273 e. The van der Waals surface area contributed by atoms with Crippen LogP contribution in [0.15, 0.2) is 36.4 Å². The fourth-order valence-corrected chi connectivity index (χ4v) is 3.14. The summed E-state index contributed by atoms with van der Waals surface area (Å²) in [6.07, 6.45) is 0. The molecule has 1 amide bonds. The predicted octanol–water partition coefficient (Wildman–Crippen LogP) is 3.14. The van der Waals surface area contributed by atoms with Crippen molar-refractivity contribution in [3.05, 3.63) is 74.8 Å². The third kappa shape index (κ3) is 4.11. The van der Waals surface area contributed by atoms with Gasteiger partial charge in [0.05, 0.1) is 4.92 Å². The molecule has 0 N–H and O–H groups in total. The summed E-state index contributed by atoms with van der Waals surface area (Å²) in [5, 5.41) is 11.1. The van der Waals surface area contributed by atoms with E-state index in [2.05, 4.69) is 0 Å². The summed E-state index contributed by atoms with van der Waals surface area (Å²) in [4.78, 5) is 26.7. The smallest absolute Gasteiger partial charge is 0.273 e. The van der Waals surface area contributed by atoms with E-state index in [-0.39, 0.29) is 29.3 Å². The molecule has 0 saturated carbocycles. The van der Waals surface area contributed by atoms with Crippen LogP contribution >= 0.6 is 0 Å². The summed E-state index contributed by atoms with van der Waals surface area (Å²) < 4.78 is 27.1. The van der Waals surface area contributed by atoms with Gasteiger partial charge in [-0.1, -0.05) is 18.2 Å². The molecule has 27 heavy (non-hydrogen) atoms. The van der Waals surface area contributed by atoms with Crippen LogP contribution in [0.2, 0.25) is 0 Å². The second-order valence-corrected chi connectivity index (χ2v) is 6.54. The van der Waals surface area contributed by atoms with Crippen LogP contribution in [0.4, 0.5) is 14.5 Å². The van der Waals surface area contributed by atoms with E-state index in [1.54, 1.807) is 30.0 Å². The number of halogens is 2. The number of hydrogen-bond acceptors (Lipinski definition) is 4. The highest BCUT2D eigenvalue weighted by Crippen LogP contribution is 2.21. The van der Waals surface area contributed by atoms with Gasteiger partial charge >= 0.3 is 0 Å². The zero-order valence-electron chi connectivity index (χ0n) is 14.8. The van der Waals surface area contributed by atoms with Crippen molar-refractivity contribution in [3.63, 3.8) is 0 Å². The van der Waals surface area contributed by atoms with E-state index in [0.29, 0.717) is 31.7 Å². The summed E-state index contributed by atoms with van der Waals surface area (Å²) in [6.45, 7) is 3.73. The Kier molecular flexibility index (Phi) is 5.46. The SMILES string of the molecule is Cc1ccc(C(=O)N2CCN(Cc3cccc(F)c3F)CC2)cc1[N+](=O)[O-]. The predicted molar refractivity (Wildman–Crippen MR) is 95.4 cm³/mol. The van der Waals surface area contributed by atoms with Gasteiger partial charge in [-0.3, -0.25) is 19.8 Å². The summed E-state index contributed by atoms with van der Waals surface area (Å²) in [7, 11) is 0. The standard InChI is InChI=1S/C19H19F2N3O3/c1-13-5-6-14(11-17(13)24(26)27)19(25)23-9-7-22(8-10-23)12-15-3-2-4-16(20)18(15)21/h2-6,11H,7-10,12H2,1H3. The Morgan fingerprint density at radius 1 is 1.15 bits per heavy atom. The van der Waals surface area contributed by atoms with Crippen LogP contribution in [-0.4, -0.2) is 46.8 Å². The fraction of sp³-hybridized carbons (Fsp3) is 0.316. The minimum absolute atomic E-state index is 0.0823. The topological polar surface area (TPSA) is 66.7 Å². The van der Waals surface area contributed by atoms with E-state index in [4.69, 9.17) is 0 Å². The number of aryl methyl sites for hydroxylation is 1. The minimum atomic E-state index is -0.873. The first-order valence-corrected chi connectivity index (χ1v) is 8.56. The van der Waals surface area contributed by atoms with Crippen molar-refractivity contribution < 1.29 is 18.5 Å². The van der Waals surface area contributed by atoms with Crippen LogP contribution in [0.3, 0.4) is 0 Å². The Morgan fingerprint density at radius 3 is 2.52 bits per heavy atom. The van der Waals surface area contributed by atoms with Crippen LogP contribution < -0.4 is 0 Å². The molecule has 1 aliphatic heterocycles. The van der Waals surface area contributed by atoms with Crippen LogP contribution in [0.1, 0.15) is 21.5 Å². The first-order valence-electron chi connectivity index (χ1n) is 8.56. The lowest BCUT2D eigenvalue weighted by molar-refractivity contribution is -0.385. The Morgan fingerprint density at radius 2 is 1.85 bits per heavy atom. The number of nitro benzene ring substituents is 1. The lowest BCUT2D eigenvalue weighted by atomic mass is 10.1. The number of hydrogen-bond donors (Lipinski definition) is 0. The van der Waals surface area contributed by atoms with Crippen LogP contribution in [-0.2, 0) is 6.54 Å². The lowest BCUT2D eigenvalue weighted by Gasteiger charge is -2.34. The summed E-state index contributed by atoms with van der Waals surface area (Å²) >= 11 is 0. The van der Waals surface area contributed by atoms with Crippen molar-refractivity contribution in [2.45, 2.75) is 13.5 Å². The highest BCUT2D eigenvalue weighted by molar-refractivity contribution is 5.95. The molecule has 0 aliphatic carbocycles. The normalized spacial score (nSPS) is 15.0. The molecule has 3 rings (SSSR count). The van der Waals surface area contributed by atoms with E-state index in [1.165, 1.54) is 12.1 Å². The summed E-state index contributed by atoms with van der Waals surface area (Å²) in [5.74, 6) is -1.99. The average Bonchev–Trinajstić information content (AvgIpc) is 2.65. The molecular weight excluding hydrogens is 356 g/mol. The van der Waals surface area contributed by atoms with E-state index >= 15 is 0 Å². The van der Waals surface area contributed by atoms with Gasteiger partial charge in [-0.05, 0) is 19.1 Å². The molecule has 0 spiro atoms. The minimum Gasteiger partial charge on any atom is -0.336 e. The van der Waals surface area contributed by atoms with Gasteiger partial charge in [-0.2, -0.15) is 0 Å². The van der Waals surface area contributed by atoms with E-state index in [0.717, 1.165) is 6.07 Å². The number of nitrogens with zero attached hydrogens (tertiary/aromatic N) is 3. The van der Waals surface area contributed by atoms with Gasteiger partial charge in [0.2, 0.25) is 0 Å². The molecule has 0 atom stereocenters. The molecule has 0 bridgehead atoms. The monoisotopic (exact) mass is 375 g/mol. The van der Waals surface area contributed by atoms with Gasteiger partial charge < -0.3 is 4.90 Å². The molecule has 0 radical (unpaired) electrons. The van der Waals surface area contributed by atoms with Crippen molar-refractivity contribution >= 4 is 11.6 Å². The third-order valence-corrected chi connectivity index (χ3v) is 4.74. The molecule has 2 aromatic rings. The molecule has 2 aromatic carbocycles. The van der Waals surface area contributed by atoms with Gasteiger partial charge in [0.1, 0.15) is 0 Å². The number of piperazine rings is 1. The first kappa shape index (κ1) is 18.9. The molecule has 1 aliphatic rings. The zero-order chi connectivity index (χ0) is 19.6. The fourth-order valence-electron chi connectivity index (χ4n) is 3.14.